The lowest BCUT2D eigenvalue weighted by Crippen LogP contribution is -2.17. The van der Waals surface area contributed by atoms with Crippen molar-refractivity contribution in [2.45, 2.75) is 32.7 Å². The minimum absolute atomic E-state index is 0.0956. The van der Waals surface area contributed by atoms with Crippen LogP contribution in [-0.4, -0.2) is 15.9 Å². The molecule has 1 aromatic carbocycles. The van der Waals surface area contributed by atoms with Crippen molar-refractivity contribution >= 4 is 22.3 Å². The Kier molecular flexibility index (Phi) is 3.94. The monoisotopic (exact) mass is 259 g/mol. The van der Waals surface area contributed by atoms with Gasteiger partial charge < -0.3 is 5.32 Å². The zero-order chi connectivity index (χ0) is 13.8. The minimum atomic E-state index is -0.370. The maximum Gasteiger partial charge on any atom is 0.278 e. The predicted octanol–water partition coefficient (Wildman–Crippen LogP) is 3.74. The first-order valence-corrected chi connectivity index (χ1v) is 6.46. The van der Waals surface area contributed by atoms with E-state index in [-0.39, 0.29) is 10.6 Å². The Morgan fingerprint density at radius 1 is 1.32 bits per heavy atom. The van der Waals surface area contributed by atoms with E-state index in [1.54, 1.807) is 24.4 Å². The Morgan fingerprint density at radius 2 is 2.05 bits per heavy atom. The van der Waals surface area contributed by atoms with Crippen LogP contribution in [0.1, 0.15) is 26.7 Å². The lowest BCUT2D eigenvalue weighted by Gasteiger charge is -2.17. The number of pyridine rings is 1. The van der Waals surface area contributed by atoms with E-state index >= 15 is 0 Å². The summed E-state index contributed by atoms with van der Waals surface area (Å²) in [6, 6.07) is 7.08. The molecule has 1 N–H and O–H groups in total. The summed E-state index contributed by atoms with van der Waals surface area (Å²) in [5.74, 6) is 0. The molecule has 0 fully saturated rings. The van der Waals surface area contributed by atoms with Crippen LogP contribution in [0.4, 0.5) is 11.4 Å². The van der Waals surface area contributed by atoms with Gasteiger partial charge in [0.05, 0.1) is 16.0 Å². The molecule has 0 radical (unpaired) electrons. The van der Waals surface area contributed by atoms with Crippen molar-refractivity contribution in [2.75, 3.05) is 5.32 Å². The van der Waals surface area contributed by atoms with Crippen LogP contribution in [0.25, 0.3) is 10.9 Å². The highest BCUT2D eigenvalue weighted by Gasteiger charge is 2.15. The van der Waals surface area contributed by atoms with E-state index in [4.69, 9.17) is 0 Å². The van der Waals surface area contributed by atoms with E-state index < -0.39 is 0 Å². The molecule has 5 heteroatoms. The van der Waals surface area contributed by atoms with Gasteiger partial charge in [0.2, 0.25) is 0 Å². The highest BCUT2D eigenvalue weighted by Crippen LogP contribution is 2.30. The van der Waals surface area contributed by atoms with E-state index in [0.29, 0.717) is 16.9 Å². The third kappa shape index (κ3) is 2.65. The molecule has 1 aromatic heterocycles. The van der Waals surface area contributed by atoms with Gasteiger partial charge in [0.25, 0.3) is 5.69 Å². The molecule has 0 unspecified atom stereocenters. The van der Waals surface area contributed by atoms with Gasteiger partial charge in [0, 0.05) is 18.3 Å². The smallest absolute Gasteiger partial charge is 0.278 e. The average Bonchev–Trinajstić information content (AvgIpc) is 2.44. The van der Waals surface area contributed by atoms with Gasteiger partial charge >= 0.3 is 0 Å². The van der Waals surface area contributed by atoms with Crippen LogP contribution in [-0.2, 0) is 0 Å². The summed E-state index contributed by atoms with van der Waals surface area (Å²) in [6.07, 6.45) is 3.66. The van der Waals surface area contributed by atoms with Crippen molar-refractivity contribution in [1.82, 2.24) is 4.98 Å². The molecule has 0 aliphatic carbocycles. The van der Waals surface area contributed by atoms with Crippen LogP contribution in [0.3, 0.4) is 0 Å². The maximum absolute atomic E-state index is 11.0. The van der Waals surface area contributed by atoms with Crippen molar-refractivity contribution in [2.24, 2.45) is 0 Å². The second-order valence-corrected chi connectivity index (χ2v) is 4.45. The van der Waals surface area contributed by atoms with E-state index in [1.807, 2.05) is 0 Å². The summed E-state index contributed by atoms with van der Waals surface area (Å²) in [4.78, 5) is 14.9. The number of benzene rings is 1. The number of non-ortho nitro benzene ring substituents is 1. The van der Waals surface area contributed by atoms with Crippen molar-refractivity contribution in [3.63, 3.8) is 0 Å². The van der Waals surface area contributed by atoms with Crippen LogP contribution < -0.4 is 5.32 Å². The molecule has 0 saturated carbocycles. The summed E-state index contributed by atoms with van der Waals surface area (Å²) in [7, 11) is 0. The van der Waals surface area contributed by atoms with Crippen molar-refractivity contribution in [3.05, 3.63) is 40.6 Å². The zero-order valence-electron chi connectivity index (χ0n) is 11.1. The van der Waals surface area contributed by atoms with E-state index in [2.05, 4.69) is 24.1 Å². The Labute approximate surface area is 111 Å². The van der Waals surface area contributed by atoms with Gasteiger partial charge in [-0.25, -0.2) is 0 Å². The molecule has 2 aromatic rings. The standard InChI is InChI=1S/C14H17N3O2/c1-3-10(4-2)16-12-7-8-13(17(18)19)11-6-5-9-15-14(11)12/h5-10,16H,3-4H2,1-2H3. The van der Waals surface area contributed by atoms with Gasteiger partial charge in [-0.1, -0.05) is 13.8 Å². The molecule has 0 amide bonds. The van der Waals surface area contributed by atoms with Gasteiger partial charge in [0.1, 0.15) is 5.52 Å². The molecule has 2 rings (SSSR count). The zero-order valence-corrected chi connectivity index (χ0v) is 11.1. The van der Waals surface area contributed by atoms with Gasteiger partial charge in [-0.3, -0.25) is 15.1 Å². The Morgan fingerprint density at radius 3 is 2.68 bits per heavy atom. The van der Waals surface area contributed by atoms with Gasteiger partial charge in [0.15, 0.2) is 0 Å². The topological polar surface area (TPSA) is 68.1 Å². The number of rotatable bonds is 5. The number of nitrogens with zero attached hydrogens (tertiary/aromatic N) is 2. The molecular formula is C14H17N3O2. The fourth-order valence-corrected chi connectivity index (χ4v) is 2.15. The molecule has 100 valence electrons. The quantitative estimate of drug-likeness (QED) is 0.656. The molecular weight excluding hydrogens is 242 g/mol. The first-order valence-electron chi connectivity index (χ1n) is 6.46. The Hall–Kier alpha value is -2.17. The largest absolute Gasteiger partial charge is 0.381 e. The third-order valence-corrected chi connectivity index (χ3v) is 3.29. The van der Waals surface area contributed by atoms with Crippen molar-refractivity contribution in [3.8, 4) is 0 Å². The number of anilines is 1. The number of hydrogen-bond donors (Lipinski definition) is 1. The third-order valence-electron chi connectivity index (χ3n) is 3.29. The molecule has 19 heavy (non-hydrogen) atoms. The fraction of sp³-hybridized carbons (Fsp3) is 0.357. The lowest BCUT2D eigenvalue weighted by molar-refractivity contribution is -0.383. The molecule has 0 aliphatic heterocycles. The lowest BCUT2D eigenvalue weighted by atomic mass is 10.1. The minimum Gasteiger partial charge on any atom is -0.381 e. The molecule has 0 bridgehead atoms. The second-order valence-electron chi connectivity index (χ2n) is 4.45. The van der Waals surface area contributed by atoms with Crippen LogP contribution in [0.2, 0.25) is 0 Å². The number of nitro benzene ring substituents is 1. The Balaban J connectivity index is 2.52. The van der Waals surface area contributed by atoms with E-state index in [0.717, 1.165) is 18.5 Å². The van der Waals surface area contributed by atoms with Gasteiger partial charge in [-0.05, 0) is 31.0 Å². The summed E-state index contributed by atoms with van der Waals surface area (Å²) >= 11 is 0. The second kappa shape index (κ2) is 5.65. The predicted molar refractivity (Wildman–Crippen MR) is 76.4 cm³/mol. The van der Waals surface area contributed by atoms with E-state index in [9.17, 15) is 10.1 Å². The van der Waals surface area contributed by atoms with Crippen molar-refractivity contribution < 1.29 is 4.92 Å². The van der Waals surface area contributed by atoms with Crippen LogP contribution in [0.5, 0.6) is 0 Å². The number of hydrogen-bond acceptors (Lipinski definition) is 4. The number of aromatic nitrogens is 1. The van der Waals surface area contributed by atoms with Crippen LogP contribution in [0, 0.1) is 10.1 Å². The van der Waals surface area contributed by atoms with Crippen LogP contribution >= 0.6 is 0 Å². The summed E-state index contributed by atoms with van der Waals surface area (Å²) in [6.45, 7) is 4.23. The molecule has 0 spiro atoms. The number of fused-ring (bicyclic) bond motifs is 1. The van der Waals surface area contributed by atoms with Gasteiger partial charge in [-0.2, -0.15) is 0 Å². The highest BCUT2D eigenvalue weighted by atomic mass is 16.6. The first kappa shape index (κ1) is 13.3. The summed E-state index contributed by atoms with van der Waals surface area (Å²) in [5.41, 5.74) is 1.61. The fourth-order valence-electron chi connectivity index (χ4n) is 2.15. The number of nitrogens with one attached hydrogen (secondary N) is 1. The SMILES string of the molecule is CCC(CC)Nc1ccc([N+](=O)[O-])c2cccnc12. The van der Waals surface area contributed by atoms with E-state index in [1.165, 1.54) is 6.07 Å². The normalized spacial score (nSPS) is 10.9. The summed E-state index contributed by atoms with van der Waals surface area (Å²) in [5, 5.41) is 15.0. The Bertz CT molecular complexity index is 594. The molecule has 5 nitrogen and oxygen atoms in total. The molecule has 0 atom stereocenters. The molecule has 1 heterocycles. The molecule has 0 saturated heterocycles. The van der Waals surface area contributed by atoms with Gasteiger partial charge in [-0.15, -0.1) is 0 Å². The van der Waals surface area contributed by atoms with Crippen molar-refractivity contribution in [1.29, 1.82) is 0 Å². The number of nitro groups is 1. The average molecular weight is 259 g/mol. The molecule has 0 aliphatic rings. The highest BCUT2D eigenvalue weighted by molar-refractivity contribution is 5.96. The van der Waals surface area contributed by atoms with Crippen LogP contribution in [0.15, 0.2) is 30.5 Å². The maximum atomic E-state index is 11.0. The first-order chi connectivity index (χ1) is 9.17. The summed E-state index contributed by atoms with van der Waals surface area (Å²) < 4.78 is 0.